The Hall–Kier alpha value is -0.260. The highest BCUT2D eigenvalue weighted by Crippen LogP contribution is 2.17. The lowest BCUT2D eigenvalue weighted by molar-refractivity contribution is 0.500. The predicted molar refractivity (Wildman–Crippen MR) is 187 cm³/mol. The molecule has 0 amide bonds. The average Bonchev–Trinajstić information content (AvgIpc) is 2.95. The van der Waals surface area contributed by atoms with Crippen molar-refractivity contribution in [1.82, 2.24) is 0 Å². The van der Waals surface area contributed by atoms with Gasteiger partial charge >= 0.3 is 0 Å². The molecule has 0 unspecified atom stereocenters. The molecule has 0 heteroatoms. The van der Waals surface area contributed by atoms with E-state index in [2.05, 4.69) is 32.9 Å². The van der Waals surface area contributed by atoms with Gasteiger partial charge in [0.15, 0.2) is 0 Å². The monoisotopic (exact) mass is 561 g/mol. The molecular formula is C40H80. The minimum atomic E-state index is 0.895. The van der Waals surface area contributed by atoms with Crippen LogP contribution in [0.5, 0.6) is 0 Å². The first-order valence-corrected chi connectivity index (χ1v) is 19.4. The standard InChI is InChI=1S/C40H80/c1-4-5-6-7-8-9-10-11-12-13-14-15-16-17-18-19-20-21-22-23-24-25-26-27-28-29-30-31-32-33-34-35-36-37-38-39-40(2)3/h11-12,40H,4-10,13-39H2,1-3H3/b12-11-. The Bertz CT molecular complexity index is 447. The van der Waals surface area contributed by atoms with Crippen molar-refractivity contribution >= 4 is 0 Å². The van der Waals surface area contributed by atoms with Crippen LogP contribution in [0, 0.1) is 5.92 Å². The molecule has 0 saturated carbocycles. The van der Waals surface area contributed by atoms with E-state index in [1.807, 2.05) is 0 Å². The third kappa shape index (κ3) is 37.7. The van der Waals surface area contributed by atoms with Gasteiger partial charge in [-0.15, -0.1) is 0 Å². The van der Waals surface area contributed by atoms with Crippen molar-refractivity contribution in [2.24, 2.45) is 5.92 Å². The van der Waals surface area contributed by atoms with Crippen LogP contribution in [0.3, 0.4) is 0 Å². The molecule has 0 heterocycles. The van der Waals surface area contributed by atoms with Gasteiger partial charge in [0.2, 0.25) is 0 Å². The van der Waals surface area contributed by atoms with Crippen LogP contribution in [-0.4, -0.2) is 0 Å². The molecule has 0 rings (SSSR count). The summed E-state index contributed by atoms with van der Waals surface area (Å²) in [5.41, 5.74) is 0. The van der Waals surface area contributed by atoms with Crippen LogP contribution < -0.4 is 0 Å². The SMILES string of the molecule is CCCCCCCC/C=C\CCCCCCCCCCCCCCCCCCCCCCCCCCCC(C)C. The number of hydrogen-bond donors (Lipinski definition) is 0. The van der Waals surface area contributed by atoms with Crippen molar-refractivity contribution in [2.45, 2.75) is 239 Å². The maximum absolute atomic E-state index is 2.45. The highest BCUT2D eigenvalue weighted by atomic mass is 14.0. The molecule has 0 aliphatic heterocycles. The van der Waals surface area contributed by atoms with Gasteiger partial charge in [0, 0.05) is 0 Å². The van der Waals surface area contributed by atoms with E-state index >= 15 is 0 Å². The van der Waals surface area contributed by atoms with E-state index in [1.165, 1.54) is 218 Å². The lowest BCUT2D eigenvalue weighted by atomic mass is 10.0. The predicted octanol–water partition coefficient (Wildman–Crippen LogP) is 15.5. The Labute approximate surface area is 256 Å². The summed E-state index contributed by atoms with van der Waals surface area (Å²) in [7, 11) is 0. The second-order valence-electron chi connectivity index (χ2n) is 13.8. The van der Waals surface area contributed by atoms with Crippen LogP contribution in [0.2, 0.25) is 0 Å². The Morgan fingerprint density at radius 1 is 0.300 bits per heavy atom. The maximum atomic E-state index is 2.45. The maximum Gasteiger partial charge on any atom is -0.0351 e. The summed E-state index contributed by atoms with van der Waals surface area (Å²) in [4.78, 5) is 0. The smallest absolute Gasteiger partial charge is 0.0351 e. The fraction of sp³-hybridized carbons (Fsp3) is 0.950. The molecule has 40 heavy (non-hydrogen) atoms. The van der Waals surface area contributed by atoms with E-state index in [-0.39, 0.29) is 0 Å². The first-order valence-electron chi connectivity index (χ1n) is 19.4. The van der Waals surface area contributed by atoms with E-state index in [9.17, 15) is 0 Å². The first kappa shape index (κ1) is 39.7. The molecule has 0 aromatic rings. The van der Waals surface area contributed by atoms with Gasteiger partial charge in [-0.05, 0) is 31.6 Å². The van der Waals surface area contributed by atoms with E-state index < -0.39 is 0 Å². The van der Waals surface area contributed by atoms with E-state index in [1.54, 1.807) is 0 Å². The Balaban J connectivity index is 3.06. The molecular weight excluding hydrogens is 480 g/mol. The summed E-state index contributed by atoms with van der Waals surface area (Å²) in [5, 5.41) is 0. The van der Waals surface area contributed by atoms with Crippen molar-refractivity contribution in [3.05, 3.63) is 12.2 Å². The number of rotatable bonds is 35. The molecule has 0 nitrogen and oxygen atoms in total. The zero-order valence-corrected chi connectivity index (χ0v) is 28.8. The summed E-state index contributed by atoms with van der Waals surface area (Å²) in [5.74, 6) is 0.895. The zero-order chi connectivity index (χ0) is 29.0. The van der Waals surface area contributed by atoms with Crippen LogP contribution in [0.1, 0.15) is 239 Å². The Morgan fingerprint density at radius 2 is 0.525 bits per heavy atom. The van der Waals surface area contributed by atoms with Gasteiger partial charge in [-0.1, -0.05) is 226 Å². The average molecular weight is 561 g/mol. The second-order valence-corrected chi connectivity index (χ2v) is 13.8. The number of allylic oxidation sites excluding steroid dienone is 2. The molecule has 0 atom stereocenters. The quantitative estimate of drug-likeness (QED) is 0.0534. The van der Waals surface area contributed by atoms with Crippen LogP contribution in [0.4, 0.5) is 0 Å². The fourth-order valence-corrected chi connectivity index (χ4v) is 6.16. The summed E-state index contributed by atoms with van der Waals surface area (Å²) < 4.78 is 0. The number of hydrogen-bond acceptors (Lipinski definition) is 0. The highest BCUT2D eigenvalue weighted by molar-refractivity contribution is 4.81. The molecule has 0 spiro atoms. The largest absolute Gasteiger partial charge is 0.0885 e. The van der Waals surface area contributed by atoms with Gasteiger partial charge in [-0.3, -0.25) is 0 Å². The second kappa shape index (κ2) is 36.8. The molecule has 0 aliphatic carbocycles. The van der Waals surface area contributed by atoms with Gasteiger partial charge in [0.05, 0.1) is 0 Å². The van der Waals surface area contributed by atoms with Crippen molar-refractivity contribution in [3.8, 4) is 0 Å². The lowest BCUT2D eigenvalue weighted by Gasteiger charge is -2.05. The van der Waals surface area contributed by atoms with Crippen LogP contribution in [0.25, 0.3) is 0 Å². The first-order chi connectivity index (χ1) is 19.8. The molecule has 0 aliphatic rings. The van der Waals surface area contributed by atoms with Crippen molar-refractivity contribution in [3.63, 3.8) is 0 Å². The van der Waals surface area contributed by atoms with Crippen LogP contribution in [0.15, 0.2) is 12.2 Å². The van der Waals surface area contributed by atoms with Gasteiger partial charge in [0.25, 0.3) is 0 Å². The third-order valence-electron chi connectivity index (χ3n) is 9.04. The third-order valence-corrected chi connectivity index (χ3v) is 9.04. The van der Waals surface area contributed by atoms with E-state index in [0.717, 1.165) is 5.92 Å². The summed E-state index contributed by atoms with van der Waals surface area (Å²) >= 11 is 0. The highest BCUT2D eigenvalue weighted by Gasteiger charge is 1.97. The van der Waals surface area contributed by atoms with E-state index in [4.69, 9.17) is 0 Å². The fourth-order valence-electron chi connectivity index (χ4n) is 6.16. The minimum Gasteiger partial charge on any atom is -0.0885 e. The number of unbranched alkanes of at least 4 members (excludes halogenated alkanes) is 31. The Morgan fingerprint density at radius 3 is 0.775 bits per heavy atom. The van der Waals surface area contributed by atoms with Crippen molar-refractivity contribution in [1.29, 1.82) is 0 Å². The molecule has 240 valence electrons. The topological polar surface area (TPSA) is 0 Å². The summed E-state index contributed by atoms with van der Waals surface area (Å²) in [6.07, 6.45) is 54.4. The van der Waals surface area contributed by atoms with Gasteiger partial charge in [-0.25, -0.2) is 0 Å². The molecule has 0 fully saturated rings. The van der Waals surface area contributed by atoms with Crippen molar-refractivity contribution in [2.75, 3.05) is 0 Å². The van der Waals surface area contributed by atoms with Crippen molar-refractivity contribution < 1.29 is 0 Å². The normalized spacial score (nSPS) is 11.9. The van der Waals surface area contributed by atoms with Gasteiger partial charge < -0.3 is 0 Å². The van der Waals surface area contributed by atoms with Crippen LogP contribution in [-0.2, 0) is 0 Å². The molecule has 0 bridgehead atoms. The molecule has 0 radical (unpaired) electrons. The minimum absolute atomic E-state index is 0.895. The molecule has 0 saturated heterocycles. The molecule has 0 N–H and O–H groups in total. The Kier molecular flexibility index (Phi) is 36.5. The van der Waals surface area contributed by atoms with Gasteiger partial charge in [-0.2, -0.15) is 0 Å². The van der Waals surface area contributed by atoms with E-state index in [0.29, 0.717) is 0 Å². The summed E-state index contributed by atoms with van der Waals surface area (Å²) in [6, 6.07) is 0. The summed E-state index contributed by atoms with van der Waals surface area (Å²) in [6.45, 7) is 7.00. The lowest BCUT2D eigenvalue weighted by Crippen LogP contribution is -1.87. The molecule has 0 aromatic heterocycles. The van der Waals surface area contributed by atoms with Crippen LogP contribution >= 0.6 is 0 Å². The zero-order valence-electron chi connectivity index (χ0n) is 28.8. The molecule has 0 aromatic carbocycles. The van der Waals surface area contributed by atoms with Gasteiger partial charge in [0.1, 0.15) is 0 Å².